The van der Waals surface area contributed by atoms with Gasteiger partial charge in [-0.15, -0.1) is 11.3 Å². The molecule has 0 N–H and O–H groups in total. The van der Waals surface area contributed by atoms with Crippen LogP contribution in [0.25, 0.3) is 11.1 Å². The molecule has 1 aliphatic rings. The molecule has 0 atom stereocenters. The molecule has 0 amide bonds. The number of thiophene rings is 1. The smallest absolute Gasteiger partial charge is 0.0999 e. The number of hydrogen-bond acceptors (Lipinski definition) is 2. The first-order valence-electron chi connectivity index (χ1n) is 8.50. The molecule has 120 valence electrons. The fourth-order valence-electron chi connectivity index (χ4n) is 3.65. The Kier molecular flexibility index (Phi) is 3.43. The van der Waals surface area contributed by atoms with Crippen LogP contribution in [0.4, 0.5) is 16.4 Å². The third-order valence-corrected chi connectivity index (χ3v) is 5.63. The van der Waals surface area contributed by atoms with Gasteiger partial charge in [0.1, 0.15) is 0 Å². The zero-order chi connectivity index (χ0) is 16.6. The normalized spacial score (nSPS) is 11.8. The first kappa shape index (κ1) is 14.5. The van der Waals surface area contributed by atoms with Crippen LogP contribution in [0, 0.1) is 0 Å². The maximum Gasteiger partial charge on any atom is 0.0999 e. The van der Waals surface area contributed by atoms with E-state index in [1.54, 1.807) is 11.3 Å². The number of anilines is 3. The molecule has 0 spiro atoms. The van der Waals surface area contributed by atoms with E-state index in [0.29, 0.717) is 0 Å². The minimum Gasteiger partial charge on any atom is -0.302 e. The Morgan fingerprint density at radius 1 is 0.640 bits per heavy atom. The predicted molar refractivity (Wildman–Crippen MR) is 107 cm³/mol. The fraction of sp³-hybridized carbons (Fsp3) is 0.0435. The van der Waals surface area contributed by atoms with Crippen molar-refractivity contribution in [2.45, 2.75) is 6.42 Å². The lowest BCUT2D eigenvalue weighted by molar-refractivity contribution is 1.24. The molecular weight excluding hydrogens is 322 g/mol. The third-order valence-electron chi connectivity index (χ3n) is 4.78. The summed E-state index contributed by atoms with van der Waals surface area (Å²) in [5.41, 5.74) is 8.01. The molecule has 2 heteroatoms. The van der Waals surface area contributed by atoms with Gasteiger partial charge >= 0.3 is 0 Å². The standard InChI is InChI=1S/C23H17NS/c1-2-8-19(9-3-1)24(23-11-6-14-25-23)20-12-13-22-18(16-20)15-17-7-4-5-10-21(17)22/h1-14,16H,15H2. The molecular formula is C23H17NS. The molecule has 0 saturated heterocycles. The van der Waals surface area contributed by atoms with Crippen molar-refractivity contribution in [1.82, 2.24) is 0 Å². The Hall–Kier alpha value is -2.84. The molecule has 0 unspecified atom stereocenters. The Morgan fingerprint density at radius 3 is 2.28 bits per heavy atom. The van der Waals surface area contributed by atoms with Gasteiger partial charge in [-0.3, -0.25) is 0 Å². The van der Waals surface area contributed by atoms with Gasteiger partial charge in [0.25, 0.3) is 0 Å². The minimum absolute atomic E-state index is 1.02. The molecule has 0 bridgehead atoms. The summed E-state index contributed by atoms with van der Waals surface area (Å²) in [4.78, 5) is 2.34. The molecule has 1 aromatic heterocycles. The largest absolute Gasteiger partial charge is 0.302 e. The molecule has 0 radical (unpaired) electrons. The predicted octanol–water partition coefficient (Wildman–Crippen LogP) is 6.79. The highest BCUT2D eigenvalue weighted by atomic mass is 32.1. The third kappa shape index (κ3) is 2.46. The molecule has 1 nitrogen and oxygen atoms in total. The second-order valence-corrected chi connectivity index (χ2v) is 7.22. The number of para-hydroxylation sites is 1. The molecule has 1 aliphatic carbocycles. The van der Waals surface area contributed by atoms with Crippen LogP contribution < -0.4 is 4.90 Å². The van der Waals surface area contributed by atoms with E-state index in [-0.39, 0.29) is 0 Å². The second kappa shape index (κ2) is 5.91. The number of fused-ring (bicyclic) bond motifs is 3. The van der Waals surface area contributed by atoms with Crippen molar-refractivity contribution in [3.63, 3.8) is 0 Å². The molecule has 0 saturated carbocycles. The van der Waals surface area contributed by atoms with Gasteiger partial charge in [-0.05, 0) is 70.5 Å². The highest BCUT2D eigenvalue weighted by Gasteiger charge is 2.20. The van der Waals surface area contributed by atoms with E-state index < -0.39 is 0 Å². The van der Waals surface area contributed by atoms with Gasteiger partial charge in [0.2, 0.25) is 0 Å². The number of rotatable bonds is 3. The van der Waals surface area contributed by atoms with Crippen molar-refractivity contribution < 1.29 is 0 Å². The average Bonchev–Trinajstić information content (AvgIpc) is 3.30. The summed E-state index contributed by atoms with van der Waals surface area (Å²) >= 11 is 1.77. The highest BCUT2D eigenvalue weighted by molar-refractivity contribution is 7.14. The van der Waals surface area contributed by atoms with E-state index in [1.165, 1.54) is 38.6 Å². The van der Waals surface area contributed by atoms with E-state index in [2.05, 4.69) is 95.2 Å². The van der Waals surface area contributed by atoms with Crippen LogP contribution in [0.2, 0.25) is 0 Å². The van der Waals surface area contributed by atoms with Gasteiger partial charge in [-0.2, -0.15) is 0 Å². The molecule has 0 fully saturated rings. The maximum atomic E-state index is 2.35. The Morgan fingerprint density at radius 2 is 1.44 bits per heavy atom. The Balaban J connectivity index is 1.63. The van der Waals surface area contributed by atoms with Gasteiger partial charge < -0.3 is 4.90 Å². The summed E-state index contributed by atoms with van der Waals surface area (Å²) in [5.74, 6) is 0. The molecule has 5 rings (SSSR count). The van der Waals surface area contributed by atoms with Gasteiger partial charge in [-0.25, -0.2) is 0 Å². The highest BCUT2D eigenvalue weighted by Crippen LogP contribution is 2.42. The lowest BCUT2D eigenvalue weighted by Crippen LogP contribution is -2.08. The maximum absolute atomic E-state index is 2.35. The van der Waals surface area contributed by atoms with Gasteiger partial charge in [0, 0.05) is 11.4 Å². The minimum atomic E-state index is 1.02. The molecule has 0 aliphatic heterocycles. The molecule has 3 aromatic carbocycles. The van der Waals surface area contributed by atoms with E-state index in [0.717, 1.165) is 6.42 Å². The van der Waals surface area contributed by atoms with E-state index in [9.17, 15) is 0 Å². The second-order valence-electron chi connectivity index (χ2n) is 6.30. The van der Waals surface area contributed by atoms with Gasteiger partial charge in [0.15, 0.2) is 0 Å². The van der Waals surface area contributed by atoms with Crippen LogP contribution in [0.1, 0.15) is 11.1 Å². The number of nitrogens with zero attached hydrogens (tertiary/aromatic N) is 1. The van der Waals surface area contributed by atoms with E-state index in [1.807, 2.05) is 0 Å². The van der Waals surface area contributed by atoms with Crippen molar-refractivity contribution in [3.05, 3.63) is 101 Å². The lowest BCUT2D eigenvalue weighted by atomic mass is 10.1. The fourth-order valence-corrected chi connectivity index (χ4v) is 4.42. The summed E-state index contributed by atoms with van der Waals surface area (Å²) in [6.07, 6.45) is 1.02. The van der Waals surface area contributed by atoms with Crippen LogP contribution in [0.15, 0.2) is 90.3 Å². The quantitative estimate of drug-likeness (QED) is 0.350. The topological polar surface area (TPSA) is 3.24 Å². The number of benzene rings is 3. The van der Waals surface area contributed by atoms with Crippen molar-refractivity contribution in [3.8, 4) is 11.1 Å². The summed E-state index contributed by atoms with van der Waals surface area (Å²) in [6, 6.07) is 30.5. The Labute approximate surface area is 151 Å². The van der Waals surface area contributed by atoms with E-state index in [4.69, 9.17) is 0 Å². The molecule has 1 heterocycles. The number of hydrogen-bond donors (Lipinski definition) is 0. The van der Waals surface area contributed by atoms with Crippen molar-refractivity contribution in [2.75, 3.05) is 4.90 Å². The summed E-state index contributed by atoms with van der Waals surface area (Å²) in [6.45, 7) is 0. The summed E-state index contributed by atoms with van der Waals surface area (Å²) in [7, 11) is 0. The van der Waals surface area contributed by atoms with Crippen LogP contribution in [-0.2, 0) is 6.42 Å². The van der Waals surface area contributed by atoms with Crippen molar-refractivity contribution in [2.24, 2.45) is 0 Å². The lowest BCUT2D eigenvalue weighted by Gasteiger charge is -2.24. The van der Waals surface area contributed by atoms with Crippen molar-refractivity contribution in [1.29, 1.82) is 0 Å². The van der Waals surface area contributed by atoms with Gasteiger partial charge in [-0.1, -0.05) is 48.5 Å². The molecule has 25 heavy (non-hydrogen) atoms. The monoisotopic (exact) mass is 339 g/mol. The Bertz CT molecular complexity index is 1020. The van der Waals surface area contributed by atoms with Crippen LogP contribution in [0.5, 0.6) is 0 Å². The van der Waals surface area contributed by atoms with Gasteiger partial charge in [0.05, 0.1) is 5.00 Å². The molecule has 4 aromatic rings. The van der Waals surface area contributed by atoms with Crippen LogP contribution >= 0.6 is 11.3 Å². The first-order valence-corrected chi connectivity index (χ1v) is 9.38. The van der Waals surface area contributed by atoms with Crippen LogP contribution in [-0.4, -0.2) is 0 Å². The summed E-state index contributed by atoms with van der Waals surface area (Å²) in [5, 5.41) is 3.37. The SMILES string of the molecule is c1ccc(N(c2ccc3c(c2)Cc2ccccc2-3)c2cccs2)cc1. The summed E-state index contributed by atoms with van der Waals surface area (Å²) < 4.78 is 0. The average molecular weight is 339 g/mol. The van der Waals surface area contributed by atoms with Crippen LogP contribution in [0.3, 0.4) is 0 Å². The van der Waals surface area contributed by atoms with Crippen molar-refractivity contribution >= 4 is 27.7 Å². The first-order chi connectivity index (χ1) is 12.4. The zero-order valence-corrected chi connectivity index (χ0v) is 14.5. The zero-order valence-electron chi connectivity index (χ0n) is 13.7. The van der Waals surface area contributed by atoms with E-state index >= 15 is 0 Å².